The third-order valence-corrected chi connectivity index (χ3v) is 5.02. The van der Waals surface area contributed by atoms with Crippen molar-refractivity contribution >= 4 is 11.8 Å². The molecule has 0 aromatic heterocycles. The van der Waals surface area contributed by atoms with Crippen LogP contribution in [-0.2, 0) is 0 Å². The van der Waals surface area contributed by atoms with Gasteiger partial charge in [-0.05, 0) is 43.2 Å². The van der Waals surface area contributed by atoms with Gasteiger partial charge >= 0.3 is 0 Å². The minimum absolute atomic E-state index is 0.117. The molecule has 1 atom stereocenters. The lowest BCUT2D eigenvalue weighted by Gasteiger charge is -2.30. The molecule has 1 aliphatic heterocycles. The molecule has 90 valence electrons. The topological polar surface area (TPSA) is 32.3 Å². The van der Waals surface area contributed by atoms with Gasteiger partial charge in [-0.25, -0.2) is 0 Å². The van der Waals surface area contributed by atoms with E-state index in [1.807, 2.05) is 0 Å². The number of nitrogens with one attached hydrogen (secondary N) is 1. The third-order valence-electron chi connectivity index (χ3n) is 3.79. The Morgan fingerprint density at radius 3 is 2.60 bits per heavy atom. The van der Waals surface area contributed by atoms with Crippen LogP contribution in [0.4, 0.5) is 0 Å². The quantitative estimate of drug-likeness (QED) is 0.704. The van der Waals surface area contributed by atoms with E-state index in [1.165, 1.54) is 17.9 Å². The Kier molecular flexibility index (Phi) is 6.02. The standard InChI is InChI=1S/C12H25NOS/c1-3-12(4-2,10-14)9-13-7-11-5-6-15-8-11/h11,13-14H,3-10H2,1-2H3. The smallest absolute Gasteiger partial charge is 0.0499 e. The van der Waals surface area contributed by atoms with Crippen LogP contribution >= 0.6 is 11.8 Å². The zero-order valence-electron chi connectivity index (χ0n) is 10.1. The van der Waals surface area contributed by atoms with Crippen LogP contribution < -0.4 is 5.32 Å². The summed E-state index contributed by atoms with van der Waals surface area (Å²) in [6.45, 7) is 6.76. The van der Waals surface area contributed by atoms with Crippen molar-refractivity contribution in [2.24, 2.45) is 11.3 Å². The zero-order chi connectivity index (χ0) is 11.1. The summed E-state index contributed by atoms with van der Waals surface area (Å²) in [4.78, 5) is 0. The van der Waals surface area contributed by atoms with Gasteiger partial charge < -0.3 is 10.4 Å². The fourth-order valence-corrected chi connectivity index (χ4v) is 3.35. The largest absolute Gasteiger partial charge is 0.396 e. The molecule has 0 saturated carbocycles. The van der Waals surface area contributed by atoms with Gasteiger partial charge in [-0.1, -0.05) is 13.8 Å². The molecular weight excluding hydrogens is 206 g/mol. The molecule has 1 rings (SSSR count). The maximum absolute atomic E-state index is 9.42. The van der Waals surface area contributed by atoms with E-state index in [4.69, 9.17) is 0 Å². The van der Waals surface area contributed by atoms with Crippen LogP contribution in [0.2, 0.25) is 0 Å². The average Bonchev–Trinajstić information content (AvgIpc) is 2.78. The molecule has 3 heteroatoms. The first-order valence-corrected chi connectivity index (χ1v) is 7.31. The summed E-state index contributed by atoms with van der Waals surface area (Å²) in [6, 6.07) is 0. The zero-order valence-corrected chi connectivity index (χ0v) is 10.9. The Morgan fingerprint density at radius 2 is 2.13 bits per heavy atom. The van der Waals surface area contributed by atoms with E-state index in [0.717, 1.165) is 31.8 Å². The lowest BCUT2D eigenvalue weighted by Crippen LogP contribution is -2.38. The second kappa shape index (κ2) is 6.77. The summed E-state index contributed by atoms with van der Waals surface area (Å²) >= 11 is 2.07. The normalized spacial score (nSPS) is 22.2. The molecule has 0 amide bonds. The molecule has 2 N–H and O–H groups in total. The van der Waals surface area contributed by atoms with Crippen molar-refractivity contribution in [3.63, 3.8) is 0 Å². The van der Waals surface area contributed by atoms with E-state index in [9.17, 15) is 5.11 Å². The molecular formula is C12H25NOS. The first-order valence-electron chi connectivity index (χ1n) is 6.15. The first kappa shape index (κ1) is 13.3. The molecule has 1 aliphatic rings. The monoisotopic (exact) mass is 231 g/mol. The van der Waals surface area contributed by atoms with Crippen LogP contribution in [0.25, 0.3) is 0 Å². The second-order valence-corrected chi connectivity index (χ2v) is 5.88. The van der Waals surface area contributed by atoms with Crippen molar-refractivity contribution in [2.75, 3.05) is 31.2 Å². The molecule has 2 nitrogen and oxygen atoms in total. The van der Waals surface area contributed by atoms with Gasteiger partial charge in [0.2, 0.25) is 0 Å². The summed E-state index contributed by atoms with van der Waals surface area (Å²) in [6.07, 6.45) is 3.49. The van der Waals surface area contributed by atoms with Gasteiger partial charge in [-0.2, -0.15) is 11.8 Å². The van der Waals surface area contributed by atoms with Crippen molar-refractivity contribution in [2.45, 2.75) is 33.1 Å². The van der Waals surface area contributed by atoms with E-state index < -0.39 is 0 Å². The van der Waals surface area contributed by atoms with Crippen LogP contribution in [0.1, 0.15) is 33.1 Å². The van der Waals surface area contributed by atoms with Crippen LogP contribution in [0.5, 0.6) is 0 Å². The summed E-state index contributed by atoms with van der Waals surface area (Å²) in [5.74, 6) is 3.51. The highest BCUT2D eigenvalue weighted by molar-refractivity contribution is 7.99. The fraction of sp³-hybridized carbons (Fsp3) is 1.00. The Balaban J connectivity index is 2.21. The number of thioether (sulfide) groups is 1. The van der Waals surface area contributed by atoms with Crippen molar-refractivity contribution in [3.8, 4) is 0 Å². The van der Waals surface area contributed by atoms with Gasteiger partial charge in [0.15, 0.2) is 0 Å². The van der Waals surface area contributed by atoms with Crippen molar-refractivity contribution in [3.05, 3.63) is 0 Å². The predicted octanol–water partition coefficient (Wildman–Crippen LogP) is 2.13. The Morgan fingerprint density at radius 1 is 1.40 bits per heavy atom. The van der Waals surface area contributed by atoms with Gasteiger partial charge in [-0.3, -0.25) is 0 Å². The van der Waals surface area contributed by atoms with E-state index in [0.29, 0.717) is 6.61 Å². The van der Waals surface area contributed by atoms with E-state index in [1.54, 1.807) is 0 Å². The van der Waals surface area contributed by atoms with Gasteiger partial charge in [0.25, 0.3) is 0 Å². The lowest BCUT2D eigenvalue weighted by molar-refractivity contribution is 0.112. The molecule has 0 aliphatic carbocycles. The Bertz CT molecular complexity index is 157. The number of rotatable bonds is 7. The minimum atomic E-state index is 0.117. The highest BCUT2D eigenvalue weighted by atomic mass is 32.2. The second-order valence-electron chi connectivity index (χ2n) is 4.73. The molecule has 0 radical (unpaired) electrons. The van der Waals surface area contributed by atoms with E-state index in [2.05, 4.69) is 30.9 Å². The highest BCUT2D eigenvalue weighted by Crippen LogP contribution is 2.26. The average molecular weight is 231 g/mol. The van der Waals surface area contributed by atoms with Crippen molar-refractivity contribution in [1.82, 2.24) is 5.32 Å². The van der Waals surface area contributed by atoms with Crippen molar-refractivity contribution < 1.29 is 5.11 Å². The fourth-order valence-electron chi connectivity index (χ4n) is 2.07. The van der Waals surface area contributed by atoms with Gasteiger partial charge in [-0.15, -0.1) is 0 Å². The van der Waals surface area contributed by atoms with Gasteiger partial charge in [0, 0.05) is 18.6 Å². The van der Waals surface area contributed by atoms with Crippen LogP contribution in [-0.4, -0.2) is 36.3 Å². The summed E-state index contributed by atoms with van der Waals surface area (Å²) in [5, 5.41) is 13.0. The molecule has 1 unspecified atom stereocenters. The molecule has 0 spiro atoms. The van der Waals surface area contributed by atoms with Crippen molar-refractivity contribution in [1.29, 1.82) is 0 Å². The third kappa shape index (κ3) is 3.97. The van der Waals surface area contributed by atoms with Gasteiger partial charge in [0.1, 0.15) is 0 Å². The molecule has 0 aromatic carbocycles. The van der Waals surface area contributed by atoms with Gasteiger partial charge in [0.05, 0.1) is 0 Å². The molecule has 15 heavy (non-hydrogen) atoms. The van der Waals surface area contributed by atoms with E-state index >= 15 is 0 Å². The molecule has 1 fully saturated rings. The maximum Gasteiger partial charge on any atom is 0.0499 e. The Labute approximate surface area is 98.2 Å². The minimum Gasteiger partial charge on any atom is -0.396 e. The Hall–Kier alpha value is 0.270. The summed E-state index contributed by atoms with van der Waals surface area (Å²) < 4.78 is 0. The highest BCUT2D eigenvalue weighted by Gasteiger charge is 2.25. The molecule has 0 bridgehead atoms. The van der Waals surface area contributed by atoms with Crippen LogP contribution in [0.15, 0.2) is 0 Å². The summed E-state index contributed by atoms with van der Waals surface area (Å²) in [5.41, 5.74) is 0.117. The van der Waals surface area contributed by atoms with Crippen LogP contribution in [0.3, 0.4) is 0 Å². The molecule has 1 saturated heterocycles. The number of hydrogen-bond donors (Lipinski definition) is 2. The first-order chi connectivity index (χ1) is 7.26. The number of aliphatic hydroxyl groups is 1. The molecule has 1 heterocycles. The van der Waals surface area contributed by atoms with E-state index in [-0.39, 0.29) is 5.41 Å². The number of hydrogen-bond acceptors (Lipinski definition) is 3. The predicted molar refractivity (Wildman–Crippen MR) is 68.4 cm³/mol. The maximum atomic E-state index is 9.42. The number of aliphatic hydroxyl groups excluding tert-OH is 1. The van der Waals surface area contributed by atoms with Crippen LogP contribution in [0, 0.1) is 11.3 Å². The molecule has 0 aromatic rings. The summed E-state index contributed by atoms with van der Waals surface area (Å²) in [7, 11) is 0. The SMILES string of the molecule is CCC(CC)(CO)CNCC1CCSC1. The lowest BCUT2D eigenvalue weighted by atomic mass is 9.83.